The lowest BCUT2D eigenvalue weighted by Gasteiger charge is -2.15. The van der Waals surface area contributed by atoms with Crippen LogP contribution in [-0.2, 0) is 7.05 Å². The first-order chi connectivity index (χ1) is 10.1. The smallest absolute Gasteiger partial charge is 0.129 e. The van der Waals surface area contributed by atoms with Crippen LogP contribution in [0.5, 0.6) is 0 Å². The Morgan fingerprint density at radius 3 is 2.48 bits per heavy atom. The third-order valence-corrected chi connectivity index (χ3v) is 3.89. The fourth-order valence-electron chi connectivity index (χ4n) is 2.90. The normalized spacial score (nSPS) is 11.3. The predicted molar refractivity (Wildman–Crippen MR) is 85.6 cm³/mol. The Morgan fingerprint density at radius 1 is 1.24 bits per heavy atom. The minimum absolute atomic E-state index is 0.246. The number of aromatic nitrogens is 2. The molecule has 0 atom stereocenters. The highest BCUT2D eigenvalue weighted by Crippen LogP contribution is 2.37. The van der Waals surface area contributed by atoms with E-state index in [9.17, 15) is 4.39 Å². The average Bonchev–Trinajstić information content (AvgIpc) is 2.74. The highest BCUT2D eigenvalue weighted by Gasteiger charge is 2.22. The van der Waals surface area contributed by atoms with E-state index in [4.69, 9.17) is 5.73 Å². The Labute approximate surface area is 126 Å². The van der Waals surface area contributed by atoms with Crippen LogP contribution in [0.25, 0.3) is 11.1 Å². The molecule has 0 saturated carbocycles. The number of aryl methyl sites for hydroxylation is 1. The number of nitrogen functional groups attached to an aromatic ring is 1. The molecule has 3 nitrogen and oxygen atoms in total. The van der Waals surface area contributed by atoms with Crippen molar-refractivity contribution >= 4 is 5.82 Å². The summed E-state index contributed by atoms with van der Waals surface area (Å²) in [5, 5.41) is 4.62. The number of benzene rings is 1. The van der Waals surface area contributed by atoms with Gasteiger partial charge >= 0.3 is 0 Å². The second kappa shape index (κ2) is 6.74. The monoisotopic (exact) mass is 289 g/mol. The summed E-state index contributed by atoms with van der Waals surface area (Å²) in [6.45, 7) is 4.35. The molecule has 0 saturated heterocycles. The molecule has 2 N–H and O–H groups in total. The van der Waals surface area contributed by atoms with Gasteiger partial charge < -0.3 is 5.73 Å². The molecule has 1 aromatic carbocycles. The second-order valence-electron chi connectivity index (χ2n) is 5.55. The van der Waals surface area contributed by atoms with E-state index in [2.05, 4.69) is 18.9 Å². The van der Waals surface area contributed by atoms with E-state index < -0.39 is 0 Å². The molecule has 0 fully saturated rings. The topological polar surface area (TPSA) is 43.8 Å². The molecule has 0 spiro atoms. The molecule has 1 heterocycles. The maximum Gasteiger partial charge on any atom is 0.129 e. The number of anilines is 1. The van der Waals surface area contributed by atoms with Gasteiger partial charge in [-0.3, -0.25) is 4.68 Å². The molecule has 0 radical (unpaired) electrons. The number of halogens is 1. The van der Waals surface area contributed by atoms with E-state index in [1.807, 2.05) is 13.1 Å². The number of hydrogen-bond donors (Lipinski definition) is 1. The number of hydrogen-bond acceptors (Lipinski definition) is 2. The van der Waals surface area contributed by atoms with Gasteiger partial charge in [-0.05, 0) is 30.5 Å². The zero-order valence-corrected chi connectivity index (χ0v) is 13.1. The van der Waals surface area contributed by atoms with Crippen molar-refractivity contribution in [3.8, 4) is 11.1 Å². The third-order valence-electron chi connectivity index (χ3n) is 3.89. The SMILES string of the molecule is CCCC(CCC)c1nn(C)c(N)c1-c1cccc(F)c1. The van der Waals surface area contributed by atoms with Gasteiger partial charge in [-0.1, -0.05) is 38.8 Å². The van der Waals surface area contributed by atoms with E-state index >= 15 is 0 Å². The highest BCUT2D eigenvalue weighted by molar-refractivity contribution is 5.77. The maximum absolute atomic E-state index is 13.6. The van der Waals surface area contributed by atoms with Crippen molar-refractivity contribution in [3.63, 3.8) is 0 Å². The second-order valence-corrected chi connectivity index (χ2v) is 5.55. The van der Waals surface area contributed by atoms with Crippen molar-refractivity contribution in [2.45, 2.75) is 45.4 Å². The van der Waals surface area contributed by atoms with Crippen LogP contribution in [0.1, 0.15) is 51.1 Å². The molecule has 0 aliphatic carbocycles. The van der Waals surface area contributed by atoms with E-state index in [1.165, 1.54) is 12.1 Å². The quantitative estimate of drug-likeness (QED) is 0.851. The van der Waals surface area contributed by atoms with E-state index in [1.54, 1.807) is 10.7 Å². The van der Waals surface area contributed by atoms with Gasteiger partial charge in [0, 0.05) is 18.5 Å². The molecule has 114 valence electrons. The van der Waals surface area contributed by atoms with Gasteiger partial charge in [0.25, 0.3) is 0 Å². The van der Waals surface area contributed by atoms with Crippen molar-refractivity contribution in [3.05, 3.63) is 35.8 Å². The lowest BCUT2D eigenvalue weighted by molar-refractivity contribution is 0.540. The van der Waals surface area contributed by atoms with Gasteiger partial charge in [-0.15, -0.1) is 0 Å². The van der Waals surface area contributed by atoms with Crippen molar-refractivity contribution < 1.29 is 4.39 Å². The molecule has 0 unspecified atom stereocenters. The highest BCUT2D eigenvalue weighted by atomic mass is 19.1. The molecule has 2 aromatic rings. The summed E-state index contributed by atoms with van der Waals surface area (Å²) < 4.78 is 15.3. The third kappa shape index (κ3) is 3.26. The molecule has 4 heteroatoms. The molecular weight excluding hydrogens is 265 g/mol. The molecule has 0 aliphatic rings. The number of nitrogens with two attached hydrogens (primary N) is 1. The zero-order valence-electron chi connectivity index (χ0n) is 13.1. The van der Waals surface area contributed by atoms with E-state index in [0.717, 1.165) is 42.5 Å². The summed E-state index contributed by atoms with van der Waals surface area (Å²) in [4.78, 5) is 0. The minimum Gasteiger partial charge on any atom is -0.383 e. The Balaban J connectivity index is 2.54. The molecule has 0 bridgehead atoms. The Bertz CT molecular complexity index is 598. The van der Waals surface area contributed by atoms with Gasteiger partial charge in [-0.2, -0.15) is 5.10 Å². The Morgan fingerprint density at radius 2 is 1.90 bits per heavy atom. The van der Waals surface area contributed by atoms with Crippen LogP contribution in [0.4, 0.5) is 10.2 Å². The van der Waals surface area contributed by atoms with Crippen molar-refractivity contribution in [1.29, 1.82) is 0 Å². The van der Waals surface area contributed by atoms with Crippen LogP contribution >= 0.6 is 0 Å². The van der Waals surface area contributed by atoms with E-state index in [-0.39, 0.29) is 5.82 Å². The average molecular weight is 289 g/mol. The summed E-state index contributed by atoms with van der Waals surface area (Å²) in [6.07, 6.45) is 4.35. The number of rotatable bonds is 6. The van der Waals surface area contributed by atoms with Gasteiger partial charge in [0.2, 0.25) is 0 Å². The van der Waals surface area contributed by atoms with Crippen LogP contribution in [0.3, 0.4) is 0 Å². The Kier molecular flexibility index (Phi) is 4.99. The first-order valence-corrected chi connectivity index (χ1v) is 7.66. The molecule has 0 aliphatic heterocycles. The lowest BCUT2D eigenvalue weighted by atomic mass is 9.90. The van der Waals surface area contributed by atoms with Crippen molar-refractivity contribution in [2.24, 2.45) is 7.05 Å². The first-order valence-electron chi connectivity index (χ1n) is 7.66. The summed E-state index contributed by atoms with van der Waals surface area (Å²) in [6, 6.07) is 6.60. The summed E-state index contributed by atoms with van der Waals surface area (Å²) >= 11 is 0. The van der Waals surface area contributed by atoms with Gasteiger partial charge in [-0.25, -0.2) is 4.39 Å². The molecule has 2 rings (SSSR count). The largest absolute Gasteiger partial charge is 0.383 e. The number of nitrogens with zero attached hydrogens (tertiary/aromatic N) is 2. The van der Waals surface area contributed by atoms with E-state index in [0.29, 0.717) is 11.7 Å². The van der Waals surface area contributed by atoms with Crippen LogP contribution in [0.2, 0.25) is 0 Å². The van der Waals surface area contributed by atoms with Crippen LogP contribution in [0.15, 0.2) is 24.3 Å². The summed E-state index contributed by atoms with van der Waals surface area (Å²) in [5.74, 6) is 0.735. The van der Waals surface area contributed by atoms with Crippen molar-refractivity contribution in [2.75, 3.05) is 5.73 Å². The van der Waals surface area contributed by atoms with Crippen LogP contribution in [-0.4, -0.2) is 9.78 Å². The van der Waals surface area contributed by atoms with Crippen LogP contribution in [0, 0.1) is 5.82 Å². The van der Waals surface area contributed by atoms with Gasteiger partial charge in [0.1, 0.15) is 11.6 Å². The fourth-order valence-corrected chi connectivity index (χ4v) is 2.90. The van der Waals surface area contributed by atoms with Crippen LogP contribution < -0.4 is 5.73 Å². The maximum atomic E-state index is 13.6. The molecular formula is C17H24FN3. The standard InChI is InChI=1S/C17H24FN3/c1-4-7-12(8-5-2)16-15(17(19)21(3)20-16)13-9-6-10-14(18)11-13/h6,9-12H,4-5,7-8,19H2,1-3H3. The first kappa shape index (κ1) is 15.5. The van der Waals surface area contributed by atoms with Gasteiger partial charge in [0.15, 0.2) is 0 Å². The Hall–Kier alpha value is -1.84. The summed E-state index contributed by atoms with van der Waals surface area (Å²) in [7, 11) is 1.84. The molecule has 21 heavy (non-hydrogen) atoms. The zero-order chi connectivity index (χ0) is 15.4. The summed E-state index contributed by atoms with van der Waals surface area (Å²) in [5.41, 5.74) is 8.90. The molecule has 0 amide bonds. The van der Waals surface area contributed by atoms with Gasteiger partial charge in [0.05, 0.1) is 5.69 Å². The van der Waals surface area contributed by atoms with Crippen molar-refractivity contribution in [1.82, 2.24) is 9.78 Å². The fraction of sp³-hybridized carbons (Fsp3) is 0.471. The minimum atomic E-state index is -0.246. The predicted octanol–water partition coefficient (Wildman–Crippen LogP) is 4.49. The lowest BCUT2D eigenvalue weighted by Crippen LogP contribution is -2.02. The molecule has 1 aromatic heterocycles.